The van der Waals surface area contributed by atoms with Gasteiger partial charge in [-0.05, 0) is 44.0 Å². The number of hydrogen-bond donors (Lipinski definition) is 6. The number of urea groups is 1. The Balaban J connectivity index is 2.88. The van der Waals surface area contributed by atoms with Crippen LogP contribution in [0.15, 0.2) is 18.2 Å². The first kappa shape index (κ1) is 30.2. The van der Waals surface area contributed by atoms with Gasteiger partial charge in [0.2, 0.25) is 5.91 Å². The summed E-state index contributed by atoms with van der Waals surface area (Å²) in [4.78, 5) is 36.6. The highest BCUT2D eigenvalue weighted by atomic mass is 19.4. The minimum atomic E-state index is -4.75. The molecule has 0 aromatic heterocycles. The van der Waals surface area contributed by atoms with E-state index in [1.807, 2.05) is 20.8 Å². The zero-order valence-corrected chi connectivity index (χ0v) is 20.5. The highest BCUT2D eigenvalue weighted by Crippen LogP contribution is 2.32. The van der Waals surface area contributed by atoms with E-state index in [0.29, 0.717) is 44.0 Å². The molecule has 0 aliphatic heterocycles. The number of halogens is 3. The molecule has 2 atom stereocenters. The molecule has 0 fully saturated rings. The molecular weight excluding hydrogens is 467 g/mol. The predicted molar refractivity (Wildman–Crippen MR) is 127 cm³/mol. The van der Waals surface area contributed by atoms with Gasteiger partial charge in [-0.1, -0.05) is 27.2 Å². The quantitative estimate of drug-likeness (QED) is 0.246. The van der Waals surface area contributed by atoms with E-state index in [9.17, 15) is 32.7 Å². The second-order valence-electron chi connectivity index (χ2n) is 8.55. The van der Waals surface area contributed by atoms with Crippen molar-refractivity contribution in [2.45, 2.75) is 58.9 Å². The van der Waals surface area contributed by atoms with Gasteiger partial charge >= 0.3 is 12.2 Å². The standard InChI is InChI=1S/C23H36F3N5O4/c1-5-7-19(32)18(12-27-11-14(3)4)31-20(33)13-29-21(34)15-8-16(23(24,25)26)10-17(9-15)30-22(35)28-6-2/h8-10,14,18-19,27,32H,5-7,11-13H2,1-4H3,(H,29,34)(H,31,33)(H2,28,30,35)/t18-,19-/m0/s1. The lowest BCUT2D eigenvalue weighted by Crippen LogP contribution is -2.52. The summed E-state index contributed by atoms with van der Waals surface area (Å²) in [6, 6.07) is 1.11. The molecule has 0 heterocycles. The summed E-state index contributed by atoms with van der Waals surface area (Å²) < 4.78 is 39.9. The fraction of sp³-hybridized carbons (Fsp3) is 0.609. The summed E-state index contributed by atoms with van der Waals surface area (Å²) in [7, 11) is 0. The molecule has 12 heteroatoms. The topological polar surface area (TPSA) is 132 Å². The molecule has 0 spiro atoms. The van der Waals surface area contributed by atoms with Crippen LogP contribution in [0.1, 0.15) is 56.5 Å². The molecular formula is C23H36F3N5O4. The monoisotopic (exact) mass is 503 g/mol. The zero-order chi connectivity index (χ0) is 26.6. The number of rotatable bonds is 13. The van der Waals surface area contributed by atoms with Gasteiger partial charge in [-0.15, -0.1) is 0 Å². The molecule has 0 aliphatic rings. The lowest BCUT2D eigenvalue weighted by atomic mass is 10.1. The van der Waals surface area contributed by atoms with Gasteiger partial charge in [0.25, 0.3) is 5.91 Å². The van der Waals surface area contributed by atoms with E-state index < -0.39 is 48.3 Å². The molecule has 0 aliphatic carbocycles. The highest BCUT2D eigenvalue weighted by molar-refractivity contribution is 5.98. The van der Waals surface area contributed by atoms with Crippen LogP contribution in [0.3, 0.4) is 0 Å². The van der Waals surface area contributed by atoms with Crippen LogP contribution in [0.5, 0.6) is 0 Å². The smallest absolute Gasteiger partial charge is 0.391 e. The maximum Gasteiger partial charge on any atom is 0.416 e. The predicted octanol–water partition coefficient (Wildman–Crippen LogP) is 2.47. The van der Waals surface area contributed by atoms with Crippen molar-refractivity contribution in [1.82, 2.24) is 21.3 Å². The maximum atomic E-state index is 13.3. The number of benzene rings is 1. The summed E-state index contributed by atoms with van der Waals surface area (Å²) in [5, 5.41) is 23.1. The third kappa shape index (κ3) is 11.4. The summed E-state index contributed by atoms with van der Waals surface area (Å²) in [5.41, 5.74) is -1.72. The van der Waals surface area contributed by atoms with E-state index in [4.69, 9.17) is 0 Å². The first-order valence-electron chi connectivity index (χ1n) is 11.6. The van der Waals surface area contributed by atoms with E-state index in [-0.39, 0.29) is 17.8 Å². The molecule has 1 aromatic carbocycles. The fourth-order valence-electron chi connectivity index (χ4n) is 3.16. The number of nitrogens with one attached hydrogen (secondary N) is 5. The van der Waals surface area contributed by atoms with Gasteiger partial charge in [-0.3, -0.25) is 9.59 Å². The highest BCUT2D eigenvalue weighted by Gasteiger charge is 2.32. The van der Waals surface area contributed by atoms with Gasteiger partial charge in [-0.25, -0.2) is 4.79 Å². The second-order valence-corrected chi connectivity index (χ2v) is 8.55. The van der Waals surface area contributed by atoms with Gasteiger partial charge < -0.3 is 31.7 Å². The average molecular weight is 504 g/mol. The van der Waals surface area contributed by atoms with Crippen molar-refractivity contribution >= 4 is 23.5 Å². The number of amides is 4. The van der Waals surface area contributed by atoms with E-state index >= 15 is 0 Å². The molecule has 0 radical (unpaired) electrons. The Labute approximate surface area is 203 Å². The Morgan fingerprint density at radius 1 is 1.03 bits per heavy atom. The van der Waals surface area contributed by atoms with Gasteiger partial charge in [-0.2, -0.15) is 13.2 Å². The van der Waals surface area contributed by atoms with Crippen molar-refractivity contribution in [1.29, 1.82) is 0 Å². The molecule has 4 amide bonds. The Bertz CT molecular complexity index is 849. The number of carbonyl (C=O) groups is 3. The minimum Gasteiger partial charge on any atom is -0.391 e. The molecule has 35 heavy (non-hydrogen) atoms. The second kappa shape index (κ2) is 14.5. The first-order valence-corrected chi connectivity index (χ1v) is 11.6. The van der Waals surface area contributed by atoms with E-state index in [2.05, 4.69) is 26.6 Å². The summed E-state index contributed by atoms with van der Waals surface area (Å²) in [5.74, 6) is -1.15. The Kier molecular flexibility index (Phi) is 12.5. The largest absolute Gasteiger partial charge is 0.416 e. The number of hydrogen-bond acceptors (Lipinski definition) is 5. The lowest BCUT2D eigenvalue weighted by molar-refractivity contribution is -0.137. The van der Waals surface area contributed by atoms with E-state index in [1.165, 1.54) is 0 Å². The van der Waals surface area contributed by atoms with Crippen molar-refractivity contribution in [3.63, 3.8) is 0 Å². The van der Waals surface area contributed by atoms with Crippen LogP contribution >= 0.6 is 0 Å². The molecule has 6 N–H and O–H groups in total. The van der Waals surface area contributed by atoms with Crippen LogP contribution < -0.4 is 26.6 Å². The molecule has 198 valence electrons. The van der Waals surface area contributed by atoms with Crippen molar-refractivity contribution in [3.05, 3.63) is 29.3 Å². The molecule has 0 saturated heterocycles. The molecule has 0 unspecified atom stereocenters. The number of aliphatic hydroxyl groups excluding tert-OH is 1. The van der Waals surface area contributed by atoms with Crippen molar-refractivity contribution in [3.8, 4) is 0 Å². The van der Waals surface area contributed by atoms with Gasteiger partial charge in [0.1, 0.15) is 0 Å². The third-order valence-electron chi connectivity index (χ3n) is 4.84. The van der Waals surface area contributed by atoms with Crippen LogP contribution in [0.4, 0.5) is 23.7 Å². The van der Waals surface area contributed by atoms with Crippen molar-refractivity contribution in [2.24, 2.45) is 5.92 Å². The Hall–Kier alpha value is -2.86. The Morgan fingerprint density at radius 2 is 1.71 bits per heavy atom. The number of alkyl halides is 3. The lowest BCUT2D eigenvalue weighted by Gasteiger charge is -2.25. The number of aliphatic hydroxyl groups is 1. The normalized spacial score (nSPS) is 13.2. The van der Waals surface area contributed by atoms with Gasteiger partial charge in [0.05, 0.1) is 24.3 Å². The maximum absolute atomic E-state index is 13.3. The van der Waals surface area contributed by atoms with Crippen molar-refractivity contribution in [2.75, 3.05) is 31.5 Å². The van der Waals surface area contributed by atoms with Crippen LogP contribution in [-0.2, 0) is 11.0 Å². The van der Waals surface area contributed by atoms with Crippen LogP contribution in [0.2, 0.25) is 0 Å². The molecule has 0 saturated carbocycles. The molecule has 0 bridgehead atoms. The van der Waals surface area contributed by atoms with Crippen molar-refractivity contribution < 1.29 is 32.7 Å². The molecule has 1 aromatic rings. The number of carbonyl (C=O) groups excluding carboxylic acids is 3. The Morgan fingerprint density at radius 3 is 2.29 bits per heavy atom. The first-order chi connectivity index (χ1) is 16.4. The number of anilines is 1. The summed E-state index contributed by atoms with van der Waals surface area (Å²) in [6.07, 6.45) is -4.38. The summed E-state index contributed by atoms with van der Waals surface area (Å²) >= 11 is 0. The fourth-order valence-corrected chi connectivity index (χ4v) is 3.16. The van der Waals surface area contributed by atoms with Crippen LogP contribution in [0.25, 0.3) is 0 Å². The SMILES string of the molecule is CCC[C@H](O)[C@H](CNCC(C)C)NC(=O)CNC(=O)c1cc(NC(=O)NCC)cc(C(F)(F)F)c1. The zero-order valence-electron chi connectivity index (χ0n) is 20.5. The minimum absolute atomic E-state index is 0.223. The van der Waals surface area contributed by atoms with Crippen LogP contribution in [0, 0.1) is 5.92 Å². The van der Waals surface area contributed by atoms with E-state index in [0.717, 1.165) is 6.07 Å². The van der Waals surface area contributed by atoms with E-state index in [1.54, 1.807) is 6.92 Å². The van der Waals surface area contributed by atoms with Crippen LogP contribution in [-0.4, -0.2) is 61.3 Å². The molecule has 1 rings (SSSR count). The summed E-state index contributed by atoms with van der Waals surface area (Å²) in [6.45, 7) is 8.33. The van der Waals surface area contributed by atoms with Gasteiger partial charge in [0, 0.05) is 24.3 Å². The molecule has 9 nitrogen and oxygen atoms in total. The third-order valence-corrected chi connectivity index (χ3v) is 4.84. The van der Waals surface area contributed by atoms with Gasteiger partial charge in [0.15, 0.2) is 0 Å². The average Bonchev–Trinajstić information content (AvgIpc) is 2.76.